The minimum Gasteiger partial charge on any atom is -0.389 e. The number of nitrogens with zero attached hydrogens (tertiary/aromatic N) is 3. The van der Waals surface area contributed by atoms with Gasteiger partial charge in [-0.3, -0.25) is 0 Å². The molecule has 0 saturated heterocycles. The van der Waals surface area contributed by atoms with Crippen LogP contribution >= 0.6 is 0 Å². The molecule has 16 heavy (non-hydrogen) atoms. The average Bonchev–Trinajstić information content (AvgIpc) is 2.55. The smallest absolute Gasteiger partial charge is 0.243 e. The van der Waals surface area contributed by atoms with Gasteiger partial charge in [-0.05, 0) is 38.5 Å². The van der Waals surface area contributed by atoms with Crippen molar-refractivity contribution in [1.29, 1.82) is 0 Å². The Morgan fingerprint density at radius 3 is 2.94 bits per heavy atom. The van der Waals surface area contributed by atoms with E-state index >= 15 is 0 Å². The standard InChI is InChI=1S/C11H16N4O/c1-8-4-5-15-9(6-8)13-10(14-15)12-7-11(2,3)16/h4-6,16H,7H2,1-3H3,(H,12,14). The Balaban J connectivity index is 2.20. The zero-order chi connectivity index (χ0) is 11.8. The number of hydrogen-bond acceptors (Lipinski definition) is 4. The van der Waals surface area contributed by atoms with Gasteiger partial charge < -0.3 is 10.4 Å². The van der Waals surface area contributed by atoms with Gasteiger partial charge in [0, 0.05) is 12.7 Å². The SMILES string of the molecule is Cc1ccn2nc(NCC(C)(C)O)nc2c1. The summed E-state index contributed by atoms with van der Waals surface area (Å²) in [6.45, 7) is 5.90. The fraction of sp³-hybridized carbons (Fsp3) is 0.455. The minimum atomic E-state index is -0.770. The molecular weight excluding hydrogens is 204 g/mol. The first-order valence-electron chi connectivity index (χ1n) is 5.23. The third kappa shape index (κ3) is 2.49. The summed E-state index contributed by atoms with van der Waals surface area (Å²) in [5.74, 6) is 0.535. The molecule has 0 aromatic carbocycles. The second-order valence-corrected chi connectivity index (χ2v) is 4.61. The molecule has 0 aliphatic rings. The van der Waals surface area contributed by atoms with Crippen LogP contribution in [0.3, 0.4) is 0 Å². The van der Waals surface area contributed by atoms with Gasteiger partial charge in [0.15, 0.2) is 5.65 Å². The molecule has 0 saturated carbocycles. The van der Waals surface area contributed by atoms with Gasteiger partial charge in [-0.25, -0.2) is 4.52 Å². The van der Waals surface area contributed by atoms with Crippen LogP contribution in [0.15, 0.2) is 18.3 Å². The molecule has 2 N–H and O–H groups in total. The Labute approximate surface area is 94.1 Å². The second-order valence-electron chi connectivity index (χ2n) is 4.61. The van der Waals surface area contributed by atoms with E-state index in [-0.39, 0.29) is 0 Å². The lowest BCUT2D eigenvalue weighted by Gasteiger charge is -2.16. The van der Waals surface area contributed by atoms with E-state index in [9.17, 15) is 5.11 Å². The second kappa shape index (κ2) is 3.75. The fourth-order valence-electron chi connectivity index (χ4n) is 1.35. The predicted molar refractivity (Wildman–Crippen MR) is 62.5 cm³/mol. The molecule has 5 heteroatoms. The van der Waals surface area contributed by atoms with Crippen LogP contribution in [-0.2, 0) is 0 Å². The number of aromatic nitrogens is 3. The molecule has 0 fully saturated rings. The molecule has 2 aromatic heterocycles. The molecule has 0 aliphatic heterocycles. The van der Waals surface area contributed by atoms with E-state index in [2.05, 4.69) is 15.4 Å². The molecule has 0 unspecified atom stereocenters. The summed E-state index contributed by atoms with van der Waals surface area (Å²) in [6, 6.07) is 3.93. The van der Waals surface area contributed by atoms with Gasteiger partial charge in [-0.15, -0.1) is 5.10 Å². The van der Waals surface area contributed by atoms with Crippen molar-refractivity contribution in [3.8, 4) is 0 Å². The van der Waals surface area contributed by atoms with Crippen LogP contribution < -0.4 is 5.32 Å². The highest BCUT2D eigenvalue weighted by molar-refractivity contribution is 5.45. The molecule has 86 valence electrons. The summed E-state index contributed by atoms with van der Waals surface area (Å²) >= 11 is 0. The van der Waals surface area contributed by atoms with Crippen molar-refractivity contribution in [2.45, 2.75) is 26.4 Å². The zero-order valence-electron chi connectivity index (χ0n) is 9.73. The van der Waals surface area contributed by atoms with Crippen LogP contribution in [-0.4, -0.2) is 31.9 Å². The first-order valence-corrected chi connectivity index (χ1v) is 5.23. The van der Waals surface area contributed by atoms with Crippen LogP contribution in [0.25, 0.3) is 5.65 Å². The number of nitrogens with one attached hydrogen (secondary N) is 1. The van der Waals surface area contributed by atoms with Crippen molar-refractivity contribution < 1.29 is 5.11 Å². The van der Waals surface area contributed by atoms with E-state index in [4.69, 9.17) is 0 Å². The van der Waals surface area contributed by atoms with Crippen molar-refractivity contribution in [3.63, 3.8) is 0 Å². The Morgan fingerprint density at radius 2 is 2.25 bits per heavy atom. The quantitative estimate of drug-likeness (QED) is 0.816. The largest absolute Gasteiger partial charge is 0.389 e. The number of aliphatic hydroxyl groups is 1. The van der Waals surface area contributed by atoms with Crippen LogP contribution in [0.1, 0.15) is 19.4 Å². The van der Waals surface area contributed by atoms with Crippen LogP contribution in [0.4, 0.5) is 5.95 Å². The number of aryl methyl sites for hydroxylation is 1. The van der Waals surface area contributed by atoms with Gasteiger partial charge in [-0.2, -0.15) is 4.98 Å². The van der Waals surface area contributed by atoms with Crippen LogP contribution in [0.2, 0.25) is 0 Å². The summed E-state index contributed by atoms with van der Waals surface area (Å²) in [4.78, 5) is 4.31. The number of pyridine rings is 1. The molecule has 0 aliphatic carbocycles. The summed E-state index contributed by atoms with van der Waals surface area (Å²) in [6.07, 6.45) is 1.87. The summed E-state index contributed by atoms with van der Waals surface area (Å²) < 4.78 is 1.71. The minimum absolute atomic E-state index is 0.420. The van der Waals surface area contributed by atoms with Gasteiger partial charge in [0.05, 0.1) is 5.60 Å². The number of fused-ring (bicyclic) bond motifs is 1. The maximum Gasteiger partial charge on any atom is 0.243 e. The number of rotatable bonds is 3. The molecule has 2 rings (SSSR count). The van der Waals surface area contributed by atoms with Crippen molar-refractivity contribution >= 4 is 11.6 Å². The molecule has 0 spiro atoms. The molecule has 2 aromatic rings. The highest BCUT2D eigenvalue weighted by Crippen LogP contribution is 2.09. The van der Waals surface area contributed by atoms with Gasteiger partial charge in [0.25, 0.3) is 0 Å². The monoisotopic (exact) mass is 220 g/mol. The lowest BCUT2D eigenvalue weighted by molar-refractivity contribution is 0.0943. The predicted octanol–water partition coefficient (Wildman–Crippen LogP) is 1.22. The Bertz CT molecular complexity index is 498. The Hall–Kier alpha value is -1.62. The maximum atomic E-state index is 9.57. The molecule has 0 atom stereocenters. The topological polar surface area (TPSA) is 62.5 Å². The highest BCUT2D eigenvalue weighted by atomic mass is 16.3. The first kappa shape index (κ1) is 10.9. The zero-order valence-corrected chi connectivity index (χ0v) is 9.73. The van der Waals surface area contributed by atoms with Crippen molar-refractivity contribution in [3.05, 3.63) is 23.9 Å². The summed E-state index contributed by atoms with van der Waals surface area (Å²) in [5.41, 5.74) is 1.18. The normalized spacial score (nSPS) is 12.0. The maximum absolute atomic E-state index is 9.57. The summed E-state index contributed by atoms with van der Waals surface area (Å²) in [5, 5.41) is 16.8. The lowest BCUT2D eigenvalue weighted by atomic mass is 10.1. The van der Waals surface area contributed by atoms with E-state index in [0.29, 0.717) is 12.5 Å². The van der Waals surface area contributed by atoms with E-state index in [0.717, 1.165) is 11.2 Å². The molecule has 0 radical (unpaired) electrons. The molecule has 0 bridgehead atoms. The van der Waals surface area contributed by atoms with Crippen LogP contribution in [0.5, 0.6) is 0 Å². The van der Waals surface area contributed by atoms with Crippen molar-refractivity contribution in [1.82, 2.24) is 14.6 Å². The van der Waals surface area contributed by atoms with Gasteiger partial charge in [-0.1, -0.05) is 0 Å². The average molecular weight is 220 g/mol. The van der Waals surface area contributed by atoms with Crippen LogP contribution in [0, 0.1) is 6.92 Å². The third-order valence-electron chi connectivity index (χ3n) is 2.17. The molecule has 2 heterocycles. The molecule has 5 nitrogen and oxygen atoms in total. The Morgan fingerprint density at radius 1 is 1.50 bits per heavy atom. The first-order chi connectivity index (χ1) is 7.44. The van der Waals surface area contributed by atoms with E-state index < -0.39 is 5.60 Å². The number of hydrogen-bond donors (Lipinski definition) is 2. The molecule has 0 amide bonds. The van der Waals surface area contributed by atoms with Crippen molar-refractivity contribution in [2.24, 2.45) is 0 Å². The van der Waals surface area contributed by atoms with E-state index in [1.54, 1.807) is 18.4 Å². The highest BCUT2D eigenvalue weighted by Gasteiger charge is 2.13. The van der Waals surface area contributed by atoms with Gasteiger partial charge in [0.2, 0.25) is 5.95 Å². The van der Waals surface area contributed by atoms with E-state index in [1.807, 2.05) is 25.3 Å². The summed E-state index contributed by atoms with van der Waals surface area (Å²) in [7, 11) is 0. The van der Waals surface area contributed by atoms with Gasteiger partial charge >= 0.3 is 0 Å². The number of anilines is 1. The third-order valence-corrected chi connectivity index (χ3v) is 2.17. The van der Waals surface area contributed by atoms with Gasteiger partial charge in [0.1, 0.15) is 0 Å². The Kier molecular flexibility index (Phi) is 2.55. The van der Waals surface area contributed by atoms with Crippen molar-refractivity contribution in [2.75, 3.05) is 11.9 Å². The lowest BCUT2D eigenvalue weighted by Crippen LogP contribution is -2.29. The fourth-order valence-corrected chi connectivity index (χ4v) is 1.35. The molecular formula is C11H16N4O. The van der Waals surface area contributed by atoms with E-state index in [1.165, 1.54) is 0 Å².